The molecule has 3 aromatic rings. The Morgan fingerprint density at radius 1 is 1.18 bits per heavy atom. The number of aryl methyl sites for hydroxylation is 1. The molecule has 8 rings (SSSR count). The van der Waals surface area contributed by atoms with Gasteiger partial charge in [-0.25, -0.2) is 4.98 Å². The number of rotatable bonds is 0. The van der Waals surface area contributed by atoms with Crippen molar-refractivity contribution in [1.82, 2.24) is 9.88 Å². The van der Waals surface area contributed by atoms with Crippen LogP contribution in [0.1, 0.15) is 57.8 Å². The molecule has 2 aromatic carbocycles. The Kier molecular flexibility index (Phi) is 3.04. The van der Waals surface area contributed by atoms with Gasteiger partial charge in [-0.1, -0.05) is 25.1 Å². The van der Waals surface area contributed by atoms with Crippen LogP contribution in [0.15, 0.2) is 30.3 Å². The van der Waals surface area contributed by atoms with Crippen molar-refractivity contribution < 1.29 is 9.53 Å². The van der Waals surface area contributed by atoms with Gasteiger partial charge in [-0.15, -0.1) is 0 Å². The molecule has 1 fully saturated rings. The van der Waals surface area contributed by atoms with E-state index in [4.69, 9.17) is 9.72 Å². The summed E-state index contributed by atoms with van der Waals surface area (Å²) < 4.78 is 6.98. The first kappa shape index (κ1) is 18.5. The number of piperidine rings is 1. The van der Waals surface area contributed by atoms with Crippen LogP contribution in [0.3, 0.4) is 0 Å². The lowest BCUT2D eigenvalue weighted by Crippen LogP contribution is -2.68. The topological polar surface area (TPSA) is 45.7 Å². The molecule has 166 valence electrons. The van der Waals surface area contributed by atoms with Crippen LogP contribution in [-0.2, 0) is 18.3 Å². The number of hydrogen-bond donors (Lipinski definition) is 0. The number of carbonyl (C=O) groups excluding carboxylic acids is 1. The number of hydrogen-bond acceptors (Lipinski definition) is 4. The predicted molar refractivity (Wildman–Crippen MR) is 127 cm³/mol. The summed E-state index contributed by atoms with van der Waals surface area (Å²) in [5.41, 5.74) is 9.11. The van der Waals surface area contributed by atoms with E-state index in [2.05, 4.69) is 44.0 Å². The standard InChI is InChI=1S/C28H27N3O2/c1-14-8-9-15-12-19-27(2)13-17-22(25-28(27,10-11-30(19)3)21(15)24(14)33-25)29-18-7-5-6-16-20(18)23(17)31(4)26(16)32/h5-9,19,25H,10-13H2,1-4H3/t19-,25-,27-,28-/m0/s1. The number of benzene rings is 2. The third-order valence-corrected chi connectivity index (χ3v) is 9.91. The summed E-state index contributed by atoms with van der Waals surface area (Å²) in [6.07, 6.45) is 2.95. The van der Waals surface area contributed by atoms with Crippen molar-refractivity contribution in [3.05, 3.63) is 63.8 Å². The molecule has 1 aromatic heterocycles. The molecule has 1 saturated heterocycles. The molecule has 0 N–H and O–H groups in total. The van der Waals surface area contributed by atoms with Crippen molar-refractivity contribution in [2.45, 2.75) is 50.7 Å². The van der Waals surface area contributed by atoms with E-state index in [0.29, 0.717) is 6.04 Å². The third kappa shape index (κ3) is 1.76. The van der Waals surface area contributed by atoms with E-state index in [9.17, 15) is 4.79 Å². The van der Waals surface area contributed by atoms with Gasteiger partial charge in [0.1, 0.15) is 5.75 Å². The fourth-order valence-corrected chi connectivity index (χ4v) is 8.40. The molecule has 0 radical (unpaired) electrons. The highest BCUT2D eigenvalue weighted by Gasteiger charge is 2.70. The van der Waals surface area contributed by atoms with Gasteiger partial charge in [0, 0.05) is 35.0 Å². The molecule has 1 amide bonds. The van der Waals surface area contributed by atoms with Crippen LogP contribution in [0.5, 0.6) is 5.75 Å². The van der Waals surface area contributed by atoms with Crippen LogP contribution in [0, 0.1) is 12.3 Å². The molecule has 4 heterocycles. The van der Waals surface area contributed by atoms with Gasteiger partial charge in [-0.05, 0) is 63.0 Å². The van der Waals surface area contributed by atoms with Gasteiger partial charge in [0.2, 0.25) is 0 Å². The maximum absolute atomic E-state index is 13.2. The van der Waals surface area contributed by atoms with Crippen molar-refractivity contribution in [2.24, 2.45) is 5.41 Å². The van der Waals surface area contributed by atoms with Crippen LogP contribution in [0.25, 0.3) is 10.9 Å². The maximum atomic E-state index is 13.2. The fourth-order valence-electron chi connectivity index (χ4n) is 8.40. The number of carbonyl (C=O) groups is 1. The average Bonchev–Trinajstić information content (AvgIpc) is 3.28. The Morgan fingerprint density at radius 2 is 2.03 bits per heavy atom. The molecule has 5 aliphatic rings. The minimum absolute atomic E-state index is 0.0109. The normalized spacial score (nSPS) is 32.7. The number of likely N-dealkylation sites (N-methyl/N-ethyl adjacent to an activating group) is 1. The lowest BCUT2D eigenvalue weighted by atomic mass is 9.44. The van der Waals surface area contributed by atoms with E-state index in [1.165, 1.54) is 22.3 Å². The number of likely N-dealkylation sites (tertiary alicyclic amines) is 1. The first-order valence-electron chi connectivity index (χ1n) is 12.1. The van der Waals surface area contributed by atoms with E-state index < -0.39 is 0 Å². The minimum Gasteiger partial charge on any atom is -0.483 e. The fraction of sp³-hybridized carbons (Fsp3) is 0.429. The molecule has 1 spiro atoms. The van der Waals surface area contributed by atoms with Crippen LogP contribution in [0.4, 0.5) is 5.69 Å². The molecule has 0 unspecified atom stereocenters. The minimum atomic E-state index is -0.106. The zero-order valence-corrected chi connectivity index (χ0v) is 19.5. The van der Waals surface area contributed by atoms with Gasteiger partial charge < -0.3 is 14.5 Å². The summed E-state index contributed by atoms with van der Waals surface area (Å²) in [5, 5.41) is 1.02. The molecule has 2 bridgehead atoms. The second kappa shape index (κ2) is 5.41. The van der Waals surface area contributed by atoms with Crippen molar-refractivity contribution in [3.63, 3.8) is 0 Å². The molecule has 33 heavy (non-hydrogen) atoms. The molecular weight excluding hydrogens is 410 g/mol. The first-order chi connectivity index (χ1) is 15.9. The number of ether oxygens (including phenoxy) is 1. The molecule has 5 heteroatoms. The molecule has 5 nitrogen and oxygen atoms in total. The molecule has 3 aliphatic heterocycles. The Balaban J connectivity index is 1.51. The van der Waals surface area contributed by atoms with E-state index in [0.717, 1.165) is 59.4 Å². The van der Waals surface area contributed by atoms with Crippen LogP contribution in [-0.4, -0.2) is 42.5 Å². The van der Waals surface area contributed by atoms with Crippen molar-refractivity contribution in [1.29, 1.82) is 0 Å². The zero-order valence-electron chi connectivity index (χ0n) is 19.5. The second-order valence-corrected chi connectivity index (χ2v) is 11.1. The van der Waals surface area contributed by atoms with Gasteiger partial charge in [0.05, 0.1) is 27.9 Å². The Morgan fingerprint density at radius 3 is 2.88 bits per heavy atom. The monoisotopic (exact) mass is 437 g/mol. The van der Waals surface area contributed by atoms with E-state index in [-0.39, 0.29) is 22.8 Å². The van der Waals surface area contributed by atoms with E-state index in [1.54, 1.807) is 0 Å². The largest absolute Gasteiger partial charge is 0.483 e. The summed E-state index contributed by atoms with van der Waals surface area (Å²) in [7, 11) is 4.21. The van der Waals surface area contributed by atoms with Gasteiger partial charge in [0.25, 0.3) is 5.91 Å². The number of amides is 1. The zero-order chi connectivity index (χ0) is 22.4. The SMILES string of the molecule is Cc1ccc2c3c1O[C@H]1c4nc5cccc6c5c(c4C[C@@]4(C)[C@H](C2)N(C)CC[C@]314)N(C)C6=O. The Bertz CT molecular complexity index is 1460. The van der Waals surface area contributed by atoms with Crippen LogP contribution in [0.2, 0.25) is 0 Å². The lowest BCUT2D eigenvalue weighted by molar-refractivity contribution is -0.0908. The Labute approximate surface area is 193 Å². The van der Waals surface area contributed by atoms with Crippen molar-refractivity contribution in [2.75, 3.05) is 25.5 Å². The summed E-state index contributed by atoms with van der Waals surface area (Å²) >= 11 is 0. The highest BCUT2D eigenvalue weighted by molar-refractivity contribution is 6.25. The van der Waals surface area contributed by atoms with Gasteiger partial charge in [-0.2, -0.15) is 0 Å². The predicted octanol–water partition coefficient (Wildman–Crippen LogP) is 4.33. The van der Waals surface area contributed by atoms with Gasteiger partial charge in [-0.3, -0.25) is 4.79 Å². The highest BCUT2D eigenvalue weighted by Crippen LogP contribution is 2.71. The smallest absolute Gasteiger partial charge is 0.258 e. The third-order valence-electron chi connectivity index (χ3n) is 9.91. The van der Waals surface area contributed by atoms with Crippen molar-refractivity contribution in [3.8, 4) is 5.75 Å². The summed E-state index contributed by atoms with van der Waals surface area (Å²) in [6.45, 7) is 5.74. The number of pyridine rings is 1. The van der Waals surface area contributed by atoms with E-state index in [1.807, 2.05) is 24.1 Å². The highest BCUT2D eigenvalue weighted by atomic mass is 16.5. The van der Waals surface area contributed by atoms with Crippen molar-refractivity contribution >= 4 is 22.5 Å². The summed E-state index contributed by atoms with van der Waals surface area (Å²) in [5.74, 6) is 1.17. The molecule has 4 atom stereocenters. The number of anilines is 1. The number of fused-ring (bicyclic) bond motifs is 3. The lowest BCUT2D eigenvalue weighted by Gasteiger charge is -2.64. The average molecular weight is 438 g/mol. The summed E-state index contributed by atoms with van der Waals surface area (Å²) in [6, 6.07) is 11.0. The quantitative estimate of drug-likeness (QED) is 0.525. The Hall–Kier alpha value is -2.92. The second-order valence-electron chi connectivity index (χ2n) is 11.1. The van der Waals surface area contributed by atoms with Gasteiger partial charge in [0.15, 0.2) is 6.10 Å². The number of aromatic nitrogens is 1. The first-order valence-corrected chi connectivity index (χ1v) is 12.1. The number of nitrogens with zero attached hydrogens (tertiary/aromatic N) is 3. The summed E-state index contributed by atoms with van der Waals surface area (Å²) in [4.78, 5) is 22.9. The van der Waals surface area contributed by atoms with Gasteiger partial charge >= 0.3 is 0 Å². The van der Waals surface area contributed by atoms with E-state index >= 15 is 0 Å². The maximum Gasteiger partial charge on any atom is 0.258 e. The molecular formula is C28H27N3O2. The molecule has 2 aliphatic carbocycles. The van der Waals surface area contributed by atoms with Crippen LogP contribution < -0.4 is 9.64 Å². The molecule has 0 saturated carbocycles. The van der Waals surface area contributed by atoms with Crippen LogP contribution >= 0.6 is 0 Å².